The Morgan fingerprint density at radius 2 is 2.04 bits per heavy atom. The Kier molecular flexibility index (Phi) is 6.66. The maximum atomic E-state index is 9.99. The van der Waals surface area contributed by atoms with E-state index < -0.39 is 0 Å². The summed E-state index contributed by atoms with van der Waals surface area (Å²) >= 11 is 0. The summed E-state index contributed by atoms with van der Waals surface area (Å²) in [7, 11) is 1.55. The van der Waals surface area contributed by atoms with E-state index in [0.717, 1.165) is 56.1 Å². The van der Waals surface area contributed by atoms with Gasteiger partial charge in [-0.1, -0.05) is 12.1 Å². The highest BCUT2D eigenvalue weighted by Crippen LogP contribution is 2.27. The van der Waals surface area contributed by atoms with Gasteiger partial charge in [-0.2, -0.15) is 0 Å². The van der Waals surface area contributed by atoms with E-state index in [1.807, 2.05) is 25.1 Å². The highest BCUT2D eigenvalue weighted by Gasteiger charge is 2.27. The number of aromatic nitrogens is 1. The van der Waals surface area contributed by atoms with E-state index in [0.29, 0.717) is 5.75 Å². The minimum atomic E-state index is 0.172. The molecule has 0 unspecified atom stereocenters. The van der Waals surface area contributed by atoms with Crippen LogP contribution in [0.2, 0.25) is 0 Å². The fourth-order valence-electron chi connectivity index (χ4n) is 3.72. The van der Waals surface area contributed by atoms with Crippen molar-refractivity contribution in [1.82, 2.24) is 14.8 Å². The molecule has 27 heavy (non-hydrogen) atoms. The van der Waals surface area contributed by atoms with Crippen LogP contribution in [0.4, 0.5) is 0 Å². The zero-order valence-electron chi connectivity index (χ0n) is 16.1. The lowest BCUT2D eigenvalue weighted by atomic mass is 10.1. The number of aliphatic hydroxyl groups excluding tert-OH is 1. The number of phenolic OH excluding ortho intramolecular Hbond substituents is 1. The number of hydrogen-bond donors (Lipinski definition) is 2. The predicted molar refractivity (Wildman–Crippen MR) is 105 cm³/mol. The lowest BCUT2D eigenvalue weighted by Crippen LogP contribution is -2.52. The van der Waals surface area contributed by atoms with Gasteiger partial charge in [0.1, 0.15) is 0 Å². The largest absolute Gasteiger partial charge is 0.504 e. The van der Waals surface area contributed by atoms with E-state index in [-0.39, 0.29) is 18.4 Å². The number of aliphatic hydroxyl groups is 1. The summed E-state index contributed by atoms with van der Waals surface area (Å²) in [6, 6.07) is 12.0. The van der Waals surface area contributed by atoms with Gasteiger partial charge in [-0.05, 0) is 43.2 Å². The van der Waals surface area contributed by atoms with Gasteiger partial charge in [-0.25, -0.2) is 0 Å². The number of piperazine rings is 1. The molecule has 0 saturated carbocycles. The number of phenols is 1. The van der Waals surface area contributed by atoms with Gasteiger partial charge in [0, 0.05) is 51.1 Å². The molecule has 0 amide bonds. The van der Waals surface area contributed by atoms with Crippen molar-refractivity contribution in [2.24, 2.45) is 0 Å². The number of benzene rings is 1. The molecule has 6 nitrogen and oxygen atoms in total. The Hall–Kier alpha value is -2.15. The predicted octanol–water partition coefficient (Wildman–Crippen LogP) is 2.17. The molecule has 6 heteroatoms. The van der Waals surface area contributed by atoms with E-state index in [9.17, 15) is 10.2 Å². The Balaban J connectivity index is 1.63. The minimum Gasteiger partial charge on any atom is -0.504 e. The highest BCUT2D eigenvalue weighted by molar-refractivity contribution is 5.41. The van der Waals surface area contributed by atoms with Gasteiger partial charge in [0.05, 0.1) is 12.8 Å². The summed E-state index contributed by atoms with van der Waals surface area (Å²) < 4.78 is 5.11. The highest BCUT2D eigenvalue weighted by atomic mass is 16.5. The molecule has 3 rings (SSSR count). The van der Waals surface area contributed by atoms with Gasteiger partial charge in [-0.3, -0.25) is 14.8 Å². The molecule has 0 radical (unpaired) electrons. The molecule has 1 saturated heterocycles. The zero-order valence-corrected chi connectivity index (χ0v) is 16.1. The summed E-state index contributed by atoms with van der Waals surface area (Å²) in [5, 5.41) is 19.5. The quantitative estimate of drug-likeness (QED) is 0.777. The fourth-order valence-corrected chi connectivity index (χ4v) is 3.72. The van der Waals surface area contributed by atoms with Crippen molar-refractivity contribution >= 4 is 0 Å². The van der Waals surface area contributed by atoms with E-state index >= 15 is 0 Å². The van der Waals surface area contributed by atoms with Crippen LogP contribution in [-0.4, -0.2) is 64.4 Å². The summed E-state index contributed by atoms with van der Waals surface area (Å²) in [6.07, 6.45) is 0.746. The van der Waals surface area contributed by atoms with E-state index in [4.69, 9.17) is 4.74 Å². The molecule has 0 aliphatic carbocycles. The van der Waals surface area contributed by atoms with Crippen LogP contribution in [-0.2, 0) is 13.1 Å². The molecule has 1 aromatic carbocycles. The maximum Gasteiger partial charge on any atom is 0.160 e. The van der Waals surface area contributed by atoms with Crippen molar-refractivity contribution in [3.63, 3.8) is 0 Å². The van der Waals surface area contributed by atoms with Gasteiger partial charge in [0.25, 0.3) is 0 Å². The average Bonchev–Trinajstić information content (AvgIpc) is 2.64. The molecule has 1 fully saturated rings. The van der Waals surface area contributed by atoms with Gasteiger partial charge in [0.15, 0.2) is 11.5 Å². The second-order valence-electron chi connectivity index (χ2n) is 7.15. The van der Waals surface area contributed by atoms with Crippen molar-refractivity contribution in [3.8, 4) is 11.5 Å². The molecular formula is C21H29N3O3. The third-order valence-electron chi connectivity index (χ3n) is 5.11. The third kappa shape index (κ3) is 5.19. The molecule has 1 aliphatic rings. The summed E-state index contributed by atoms with van der Waals surface area (Å²) in [5.41, 5.74) is 3.17. The Morgan fingerprint density at radius 1 is 1.19 bits per heavy atom. The summed E-state index contributed by atoms with van der Waals surface area (Å²) in [4.78, 5) is 9.41. The van der Waals surface area contributed by atoms with Crippen LogP contribution < -0.4 is 4.74 Å². The summed E-state index contributed by atoms with van der Waals surface area (Å²) in [5.74, 6) is 0.665. The molecule has 2 N–H and O–H groups in total. The van der Waals surface area contributed by atoms with Crippen LogP contribution in [0.25, 0.3) is 0 Å². The van der Waals surface area contributed by atoms with E-state index in [2.05, 4.69) is 20.9 Å². The van der Waals surface area contributed by atoms with Gasteiger partial charge in [0.2, 0.25) is 0 Å². The molecule has 146 valence electrons. The number of pyridine rings is 1. The van der Waals surface area contributed by atoms with Crippen LogP contribution in [0.3, 0.4) is 0 Å². The van der Waals surface area contributed by atoms with Gasteiger partial charge < -0.3 is 14.9 Å². The number of methoxy groups -OCH3 is 1. The fraction of sp³-hybridized carbons (Fsp3) is 0.476. The van der Waals surface area contributed by atoms with Gasteiger partial charge in [-0.15, -0.1) is 0 Å². The topological polar surface area (TPSA) is 69.1 Å². The molecule has 2 aromatic rings. The lowest BCUT2D eigenvalue weighted by Gasteiger charge is -2.41. The number of ether oxygens (including phenoxy) is 1. The van der Waals surface area contributed by atoms with Crippen molar-refractivity contribution in [3.05, 3.63) is 53.3 Å². The van der Waals surface area contributed by atoms with Crippen molar-refractivity contribution in [2.45, 2.75) is 32.5 Å². The van der Waals surface area contributed by atoms with E-state index in [1.54, 1.807) is 19.2 Å². The van der Waals surface area contributed by atoms with Crippen molar-refractivity contribution < 1.29 is 14.9 Å². The average molecular weight is 371 g/mol. The molecule has 1 aliphatic heterocycles. The standard InChI is InChI=1S/C21H29N3O3/c1-16-4-3-5-18(22-16)14-24-10-9-23(15-19(24)8-11-25)13-17-6-7-21(27-2)20(26)12-17/h3-7,12,19,25-26H,8-11,13-15H2,1-2H3/t19-/m1/s1. The first kappa shape index (κ1) is 19.6. The molecule has 1 atom stereocenters. The SMILES string of the molecule is COc1ccc(CN2CCN(Cc3cccc(C)n3)[C@H](CCO)C2)cc1O. The molecule has 0 bridgehead atoms. The monoisotopic (exact) mass is 371 g/mol. The number of aryl methyl sites for hydroxylation is 1. The maximum absolute atomic E-state index is 9.99. The number of rotatable bonds is 7. The van der Waals surface area contributed by atoms with Crippen LogP contribution in [0.1, 0.15) is 23.4 Å². The lowest BCUT2D eigenvalue weighted by molar-refractivity contribution is 0.0491. The number of nitrogens with zero attached hydrogens (tertiary/aromatic N) is 3. The second-order valence-corrected chi connectivity index (χ2v) is 7.15. The first-order chi connectivity index (χ1) is 13.1. The van der Waals surface area contributed by atoms with Crippen LogP contribution >= 0.6 is 0 Å². The molecule has 2 heterocycles. The van der Waals surface area contributed by atoms with Crippen molar-refractivity contribution in [2.75, 3.05) is 33.4 Å². The molecule has 0 spiro atoms. The smallest absolute Gasteiger partial charge is 0.160 e. The number of hydrogen-bond acceptors (Lipinski definition) is 6. The third-order valence-corrected chi connectivity index (χ3v) is 5.11. The molecule has 1 aromatic heterocycles. The first-order valence-corrected chi connectivity index (χ1v) is 9.44. The Bertz CT molecular complexity index is 753. The van der Waals surface area contributed by atoms with Crippen molar-refractivity contribution in [1.29, 1.82) is 0 Å². The van der Waals surface area contributed by atoms with Crippen LogP contribution in [0.5, 0.6) is 11.5 Å². The Morgan fingerprint density at radius 3 is 2.74 bits per heavy atom. The van der Waals surface area contributed by atoms with Gasteiger partial charge >= 0.3 is 0 Å². The van der Waals surface area contributed by atoms with E-state index in [1.165, 1.54) is 0 Å². The molecular weight excluding hydrogens is 342 g/mol. The normalized spacial score (nSPS) is 18.6. The second kappa shape index (κ2) is 9.17. The van der Waals surface area contributed by atoms with Crippen LogP contribution in [0, 0.1) is 6.92 Å². The Labute approximate surface area is 161 Å². The minimum absolute atomic E-state index is 0.172. The zero-order chi connectivity index (χ0) is 19.2. The number of aromatic hydroxyl groups is 1. The first-order valence-electron chi connectivity index (χ1n) is 9.44. The van der Waals surface area contributed by atoms with Crippen LogP contribution in [0.15, 0.2) is 36.4 Å². The summed E-state index contributed by atoms with van der Waals surface area (Å²) in [6.45, 7) is 6.54.